The molecule has 1 fully saturated rings. The number of rotatable bonds is 8. The van der Waals surface area contributed by atoms with Crippen molar-refractivity contribution in [2.45, 2.75) is 51.5 Å². The predicted octanol–water partition coefficient (Wildman–Crippen LogP) is 1.57. The van der Waals surface area contributed by atoms with Crippen LogP contribution in [0.15, 0.2) is 0 Å². The van der Waals surface area contributed by atoms with Gasteiger partial charge < -0.3 is 10.1 Å². The first-order valence-electron chi connectivity index (χ1n) is 6.36. The highest BCUT2D eigenvalue weighted by atomic mass is 16.5. The molecule has 1 rings (SSSR count). The van der Waals surface area contributed by atoms with Crippen molar-refractivity contribution in [3.63, 3.8) is 0 Å². The third-order valence-corrected chi connectivity index (χ3v) is 3.15. The fourth-order valence-corrected chi connectivity index (χ4v) is 1.95. The van der Waals surface area contributed by atoms with E-state index in [1.165, 1.54) is 0 Å². The molecule has 98 valence electrons. The lowest BCUT2D eigenvalue weighted by Crippen LogP contribution is -2.46. The van der Waals surface area contributed by atoms with Gasteiger partial charge in [-0.1, -0.05) is 20.3 Å². The van der Waals surface area contributed by atoms with Gasteiger partial charge in [-0.3, -0.25) is 10.1 Å². The standard InChI is InChI=1S/C12H22N2O3/c1-3-5-8-17-9-6-7-12(4-2)10(15)13-11(16)14-12/h3-9H2,1-2H3,(H2,13,14,15,16)/t12-/m1/s1. The summed E-state index contributed by atoms with van der Waals surface area (Å²) in [6.45, 7) is 5.44. The molecule has 0 aliphatic carbocycles. The number of carbonyl (C=O) groups is 2. The van der Waals surface area contributed by atoms with Crippen LogP contribution >= 0.6 is 0 Å². The average Bonchev–Trinajstić information content (AvgIpc) is 2.59. The maximum atomic E-state index is 11.7. The van der Waals surface area contributed by atoms with E-state index >= 15 is 0 Å². The Labute approximate surface area is 102 Å². The maximum absolute atomic E-state index is 11.7. The zero-order valence-corrected chi connectivity index (χ0v) is 10.7. The number of hydrogen-bond acceptors (Lipinski definition) is 3. The molecule has 1 saturated heterocycles. The SMILES string of the molecule is CCCCOCCC[C@@]1(CC)NC(=O)NC1=O. The Morgan fingerprint density at radius 1 is 1.18 bits per heavy atom. The van der Waals surface area contributed by atoms with E-state index in [0.717, 1.165) is 25.9 Å². The number of nitrogens with one attached hydrogen (secondary N) is 2. The lowest BCUT2D eigenvalue weighted by molar-refractivity contribution is -0.124. The molecule has 1 atom stereocenters. The van der Waals surface area contributed by atoms with E-state index in [1.54, 1.807) is 0 Å². The molecule has 1 aliphatic heterocycles. The molecule has 0 unspecified atom stereocenters. The first kappa shape index (κ1) is 14.0. The summed E-state index contributed by atoms with van der Waals surface area (Å²) in [4.78, 5) is 22.8. The number of urea groups is 1. The minimum Gasteiger partial charge on any atom is -0.381 e. The van der Waals surface area contributed by atoms with Crippen molar-refractivity contribution in [3.05, 3.63) is 0 Å². The zero-order valence-electron chi connectivity index (χ0n) is 10.7. The first-order valence-corrected chi connectivity index (χ1v) is 6.36. The fraction of sp³-hybridized carbons (Fsp3) is 0.833. The number of carbonyl (C=O) groups excluding carboxylic acids is 2. The van der Waals surface area contributed by atoms with Gasteiger partial charge in [0.1, 0.15) is 5.54 Å². The summed E-state index contributed by atoms with van der Waals surface area (Å²) in [6, 6.07) is -0.385. The monoisotopic (exact) mass is 242 g/mol. The molecule has 0 aromatic heterocycles. The van der Waals surface area contributed by atoms with E-state index in [0.29, 0.717) is 19.4 Å². The molecule has 0 aromatic rings. The molecule has 0 saturated carbocycles. The minimum atomic E-state index is -0.717. The topological polar surface area (TPSA) is 67.4 Å². The zero-order chi connectivity index (χ0) is 12.7. The van der Waals surface area contributed by atoms with Gasteiger partial charge in [0.15, 0.2) is 0 Å². The summed E-state index contributed by atoms with van der Waals surface area (Å²) in [5.74, 6) is -0.210. The van der Waals surface area contributed by atoms with E-state index in [-0.39, 0.29) is 11.9 Å². The van der Waals surface area contributed by atoms with Crippen LogP contribution in [0.3, 0.4) is 0 Å². The Kier molecular flexibility index (Phi) is 5.41. The molecule has 0 bridgehead atoms. The van der Waals surface area contributed by atoms with Crippen LogP contribution in [0.25, 0.3) is 0 Å². The van der Waals surface area contributed by atoms with Crippen molar-refractivity contribution in [2.75, 3.05) is 13.2 Å². The summed E-state index contributed by atoms with van der Waals surface area (Å²) in [5, 5.41) is 5.00. The third kappa shape index (κ3) is 3.70. The molecule has 3 amide bonds. The molecule has 1 aliphatic rings. The van der Waals surface area contributed by atoms with E-state index in [1.807, 2.05) is 6.92 Å². The Bertz CT molecular complexity index is 281. The van der Waals surface area contributed by atoms with Crippen LogP contribution in [0.2, 0.25) is 0 Å². The molecule has 5 heteroatoms. The lowest BCUT2D eigenvalue weighted by Gasteiger charge is -2.24. The van der Waals surface area contributed by atoms with Crippen LogP contribution in [-0.4, -0.2) is 30.7 Å². The summed E-state index contributed by atoms with van der Waals surface area (Å²) in [6.07, 6.45) is 4.21. The van der Waals surface area contributed by atoms with Gasteiger partial charge in [0.2, 0.25) is 0 Å². The molecule has 5 nitrogen and oxygen atoms in total. The van der Waals surface area contributed by atoms with Gasteiger partial charge >= 0.3 is 6.03 Å². The van der Waals surface area contributed by atoms with Gasteiger partial charge in [-0.25, -0.2) is 4.79 Å². The Morgan fingerprint density at radius 2 is 1.88 bits per heavy atom. The third-order valence-electron chi connectivity index (χ3n) is 3.15. The molecule has 1 heterocycles. The second-order valence-corrected chi connectivity index (χ2v) is 4.41. The van der Waals surface area contributed by atoms with E-state index in [9.17, 15) is 9.59 Å². The fourth-order valence-electron chi connectivity index (χ4n) is 1.95. The quantitative estimate of drug-likeness (QED) is 0.501. The average molecular weight is 242 g/mol. The normalized spacial score (nSPS) is 23.6. The Morgan fingerprint density at radius 3 is 2.41 bits per heavy atom. The van der Waals surface area contributed by atoms with Crippen LogP contribution in [-0.2, 0) is 9.53 Å². The number of amides is 3. The molecule has 0 spiro atoms. The molecular weight excluding hydrogens is 220 g/mol. The Hall–Kier alpha value is -1.10. The highest BCUT2D eigenvalue weighted by Gasteiger charge is 2.43. The van der Waals surface area contributed by atoms with E-state index in [4.69, 9.17) is 4.74 Å². The van der Waals surface area contributed by atoms with Crippen LogP contribution in [0.4, 0.5) is 4.79 Å². The number of ether oxygens (including phenoxy) is 1. The van der Waals surface area contributed by atoms with Crippen molar-refractivity contribution in [3.8, 4) is 0 Å². The van der Waals surface area contributed by atoms with Crippen molar-refractivity contribution < 1.29 is 14.3 Å². The molecular formula is C12H22N2O3. The second kappa shape index (κ2) is 6.59. The smallest absolute Gasteiger partial charge is 0.322 e. The number of unbranched alkanes of at least 4 members (excludes halogenated alkanes) is 1. The van der Waals surface area contributed by atoms with Crippen LogP contribution in [0.5, 0.6) is 0 Å². The van der Waals surface area contributed by atoms with Gasteiger partial charge in [0.05, 0.1) is 0 Å². The van der Waals surface area contributed by atoms with Crippen molar-refractivity contribution in [1.29, 1.82) is 0 Å². The first-order chi connectivity index (χ1) is 8.14. The van der Waals surface area contributed by atoms with Crippen LogP contribution < -0.4 is 10.6 Å². The van der Waals surface area contributed by atoms with Gasteiger partial charge in [0, 0.05) is 13.2 Å². The van der Waals surface area contributed by atoms with Gasteiger partial charge in [-0.2, -0.15) is 0 Å². The molecule has 17 heavy (non-hydrogen) atoms. The molecule has 0 aromatic carbocycles. The molecule has 2 N–H and O–H groups in total. The maximum Gasteiger partial charge on any atom is 0.322 e. The number of hydrogen-bond donors (Lipinski definition) is 2. The van der Waals surface area contributed by atoms with E-state index < -0.39 is 5.54 Å². The summed E-state index contributed by atoms with van der Waals surface area (Å²) >= 11 is 0. The van der Waals surface area contributed by atoms with Crippen molar-refractivity contribution >= 4 is 11.9 Å². The lowest BCUT2D eigenvalue weighted by atomic mass is 9.91. The molecule has 0 radical (unpaired) electrons. The van der Waals surface area contributed by atoms with Gasteiger partial charge in [-0.15, -0.1) is 0 Å². The van der Waals surface area contributed by atoms with Crippen molar-refractivity contribution in [2.24, 2.45) is 0 Å². The summed E-state index contributed by atoms with van der Waals surface area (Å²) < 4.78 is 5.44. The van der Waals surface area contributed by atoms with Crippen LogP contribution in [0.1, 0.15) is 46.0 Å². The summed E-state index contributed by atoms with van der Waals surface area (Å²) in [7, 11) is 0. The Balaban J connectivity index is 2.28. The largest absolute Gasteiger partial charge is 0.381 e. The highest BCUT2D eigenvalue weighted by Crippen LogP contribution is 2.21. The second-order valence-electron chi connectivity index (χ2n) is 4.41. The van der Waals surface area contributed by atoms with Gasteiger partial charge in [-0.05, 0) is 25.7 Å². The van der Waals surface area contributed by atoms with Crippen LogP contribution in [0, 0.1) is 0 Å². The predicted molar refractivity (Wildman–Crippen MR) is 64.7 cm³/mol. The minimum absolute atomic E-state index is 0.210. The van der Waals surface area contributed by atoms with Crippen molar-refractivity contribution in [1.82, 2.24) is 10.6 Å². The number of imide groups is 1. The highest BCUT2D eigenvalue weighted by molar-refractivity contribution is 6.06. The summed E-state index contributed by atoms with van der Waals surface area (Å²) in [5.41, 5.74) is -0.717. The van der Waals surface area contributed by atoms with Gasteiger partial charge in [0.25, 0.3) is 5.91 Å². The van der Waals surface area contributed by atoms with E-state index in [2.05, 4.69) is 17.6 Å².